The van der Waals surface area contributed by atoms with E-state index >= 15 is 0 Å². The zero-order valence-corrected chi connectivity index (χ0v) is 11.2. The Hall–Kier alpha value is -0.870. The molecule has 4 heteroatoms. The van der Waals surface area contributed by atoms with Gasteiger partial charge in [0, 0.05) is 24.3 Å². The van der Waals surface area contributed by atoms with E-state index in [4.69, 9.17) is 5.11 Å². The monoisotopic (exact) mass is 237 g/mol. The third-order valence-electron chi connectivity index (χ3n) is 4.55. The highest BCUT2D eigenvalue weighted by Gasteiger charge is 2.64. The van der Waals surface area contributed by atoms with Gasteiger partial charge in [-0.15, -0.1) is 0 Å². The standard InChI is InChI=1S/C13H23N3O/c1-12(2)11(13(12,3)4)14-7-10-8-15-16(9-10)5-6-17/h8-9,11,14,17H,5-7H2,1-4H3. The first-order valence-corrected chi connectivity index (χ1v) is 6.25. The minimum absolute atomic E-state index is 0.136. The smallest absolute Gasteiger partial charge is 0.0640 e. The average Bonchev–Trinajstić information content (AvgIpc) is 2.59. The first-order valence-electron chi connectivity index (χ1n) is 6.25. The van der Waals surface area contributed by atoms with Crippen LogP contribution in [0.2, 0.25) is 0 Å². The van der Waals surface area contributed by atoms with E-state index < -0.39 is 0 Å². The molecule has 1 fully saturated rings. The molecule has 0 atom stereocenters. The van der Waals surface area contributed by atoms with Crippen LogP contribution in [0, 0.1) is 10.8 Å². The molecule has 2 rings (SSSR count). The lowest BCUT2D eigenvalue weighted by Crippen LogP contribution is -2.21. The molecule has 17 heavy (non-hydrogen) atoms. The van der Waals surface area contributed by atoms with Crippen molar-refractivity contribution in [3.8, 4) is 0 Å². The molecule has 1 aromatic heterocycles. The molecular weight excluding hydrogens is 214 g/mol. The number of rotatable bonds is 5. The van der Waals surface area contributed by atoms with Gasteiger partial charge in [-0.1, -0.05) is 27.7 Å². The van der Waals surface area contributed by atoms with E-state index in [-0.39, 0.29) is 6.61 Å². The van der Waals surface area contributed by atoms with Gasteiger partial charge < -0.3 is 10.4 Å². The van der Waals surface area contributed by atoms with Crippen molar-refractivity contribution in [2.45, 2.75) is 46.8 Å². The van der Waals surface area contributed by atoms with Crippen LogP contribution in [0.15, 0.2) is 12.4 Å². The van der Waals surface area contributed by atoms with Gasteiger partial charge in [0.1, 0.15) is 0 Å². The first-order chi connectivity index (χ1) is 7.89. The van der Waals surface area contributed by atoms with Crippen LogP contribution in [-0.2, 0) is 13.1 Å². The fourth-order valence-electron chi connectivity index (χ4n) is 2.65. The molecule has 0 radical (unpaired) electrons. The van der Waals surface area contributed by atoms with Crippen LogP contribution in [-0.4, -0.2) is 27.5 Å². The predicted octanol–water partition coefficient (Wildman–Crippen LogP) is 1.40. The summed E-state index contributed by atoms with van der Waals surface area (Å²) in [7, 11) is 0. The quantitative estimate of drug-likeness (QED) is 0.814. The summed E-state index contributed by atoms with van der Waals surface area (Å²) in [6, 6.07) is 0.566. The summed E-state index contributed by atoms with van der Waals surface area (Å²) in [5.74, 6) is 0. The maximum atomic E-state index is 8.82. The summed E-state index contributed by atoms with van der Waals surface area (Å²) in [5, 5.41) is 16.6. The molecule has 0 bridgehead atoms. The highest BCUT2D eigenvalue weighted by molar-refractivity contribution is 5.18. The van der Waals surface area contributed by atoms with E-state index in [9.17, 15) is 0 Å². The second-order valence-corrected chi connectivity index (χ2v) is 6.09. The van der Waals surface area contributed by atoms with Crippen LogP contribution >= 0.6 is 0 Å². The lowest BCUT2D eigenvalue weighted by Gasteiger charge is -2.04. The Bertz CT molecular complexity index is 381. The minimum Gasteiger partial charge on any atom is -0.394 e. The Morgan fingerprint density at radius 3 is 2.53 bits per heavy atom. The van der Waals surface area contributed by atoms with E-state index in [1.165, 1.54) is 5.56 Å². The second kappa shape index (κ2) is 4.10. The Morgan fingerprint density at radius 2 is 2.00 bits per heavy atom. The number of aliphatic hydroxyl groups is 1. The third kappa shape index (κ3) is 2.11. The topological polar surface area (TPSA) is 50.1 Å². The minimum atomic E-state index is 0.136. The Kier molecular flexibility index (Phi) is 3.04. The van der Waals surface area contributed by atoms with Gasteiger partial charge >= 0.3 is 0 Å². The molecule has 1 aliphatic carbocycles. The van der Waals surface area contributed by atoms with Gasteiger partial charge in [-0.25, -0.2) is 0 Å². The van der Waals surface area contributed by atoms with E-state index in [2.05, 4.69) is 38.1 Å². The first kappa shape index (κ1) is 12.6. The number of hydrogen-bond acceptors (Lipinski definition) is 3. The van der Waals surface area contributed by atoms with Gasteiger partial charge in [-0.3, -0.25) is 4.68 Å². The largest absolute Gasteiger partial charge is 0.394 e. The molecule has 0 unspecified atom stereocenters. The lowest BCUT2D eigenvalue weighted by molar-refractivity contribution is 0.269. The normalized spacial score (nSPS) is 21.7. The van der Waals surface area contributed by atoms with Crippen molar-refractivity contribution in [2.24, 2.45) is 10.8 Å². The number of aliphatic hydroxyl groups excluding tert-OH is 1. The Balaban J connectivity index is 1.87. The molecule has 96 valence electrons. The van der Waals surface area contributed by atoms with Crippen molar-refractivity contribution in [1.29, 1.82) is 0 Å². The third-order valence-corrected chi connectivity index (χ3v) is 4.55. The van der Waals surface area contributed by atoms with Gasteiger partial charge in [-0.05, 0) is 10.8 Å². The molecular formula is C13H23N3O. The van der Waals surface area contributed by atoms with E-state index in [1.807, 2.05) is 12.4 Å². The number of nitrogens with zero attached hydrogens (tertiary/aromatic N) is 2. The lowest BCUT2D eigenvalue weighted by atomic mass is 10.0. The van der Waals surface area contributed by atoms with Crippen LogP contribution in [0.1, 0.15) is 33.3 Å². The van der Waals surface area contributed by atoms with Gasteiger partial charge in [0.15, 0.2) is 0 Å². The maximum absolute atomic E-state index is 8.82. The van der Waals surface area contributed by atoms with Crippen molar-refractivity contribution < 1.29 is 5.11 Å². The zero-order valence-electron chi connectivity index (χ0n) is 11.2. The fraction of sp³-hybridized carbons (Fsp3) is 0.769. The van der Waals surface area contributed by atoms with Crippen LogP contribution in [0.3, 0.4) is 0 Å². The molecule has 4 nitrogen and oxygen atoms in total. The fourth-order valence-corrected chi connectivity index (χ4v) is 2.65. The van der Waals surface area contributed by atoms with E-state index in [0.717, 1.165) is 6.54 Å². The van der Waals surface area contributed by atoms with E-state index in [0.29, 0.717) is 23.4 Å². The molecule has 1 aliphatic rings. The van der Waals surface area contributed by atoms with Crippen LogP contribution < -0.4 is 5.32 Å². The SMILES string of the molecule is CC1(C)C(NCc2cnn(CCO)c2)C1(C)C. The molecule has 1 aromatic rings. The van der Waals surface area contributed by atoms with Gasteiger partial charge in [0.2, 0.25) is 0 Å². The van der Waals surface area contributed by atoms with Gasteiger partial charge in [0.05, 0.1) is 19.3 Å². The average molecular weight is 237 g/mol. The summed E-state index contributed by atoms with van der Waals surface area (Å²) in [5.41, 5.74) is 1.92. The van der Waals surface area contributed by atoms with Crippen molar-refractivity contribution >= 4 is 0 Å². The Morgan fingerprint density at radius 1 is 1.35 bits per heavy atom. The molecule has 1 heterocycles. The second-order valence-electron chi connectivity index (χ2n) is 6.09. The van der Waals surface area contributed by atoms with Crippen LogP contribution in [0.5, 0.6) is 0 Å². The number of hydrogen-bond donors (Lipinski definition) is 2. The summed E-state index contributed by atoms with van der Waals surface area (Å²) < 4.78 is 1.78. The van der Waals surface area contributed by atoms with Crippen molar-refractivity contribution in [1.82, 2.24) is 15.1 Å². The molecule has 0 saturated heterocycles. The number of nitrogens with one attached hydrogen (secondary N) is 1. The highest BCUT2D eigenvalue weighted by atomic mass is 16.3. The van der Waals surface area contributed by atoms with Gasteiger partial charge in [-0.2, -0.15) is 5.10 Å². The predicted molar refractivity (Wildman–Crippen MR) is 67.5 cm³/mol. The number of aromatic nitrogens is 2. The van der Waals surface area contributed by atoms with Crippen molar-refractivity contribution in [3.63, 3.8) is 0 Å². The van der Waals surface area contributed by atoms with Crippen LogP contribution in [0.4, 0.5) is 0 Å². The van der Waals surface area contributed by atoms with Gasteiger partial charge in [0.25, 0.3) is 0 Å². The van der Waals surface area contributed by atoms with E-state index in [1.54, 1.807) is 4.68 Å². The highest BCUT2D eigenvalue weighted by Crippen LogP contribution is 2.62. The Labute approximate surface area is 103 Å². The summed E-state index contributed by atoms with van der Waals surface area (Å²) in [6.45, 7) is 10.8. The molecule has 0 amide bonds. The van der Waals surface area contributed by atoms with Crippen molar-refractivity contribution in [3.05, 3.63) is 18.0 Å². The molecule has 0 spiro atoms. The van der Waals surface area contributed by atoms with Crippen LogP contribution in [0.25, 0.3) is 0 Å². The maximum Gasteiger partial charge on any atom is 0.0640 e. The summed E-state index contributed by atoms with van der Waals surface area (Å²) in [6.07, 6.45) is 3.86. The van der Waals surface area contributed by atoms with Crippen molar-refractivity contribution in [2.75, 3.05) is 6.61 Å². The molecule has 2 N–H and O–H groups in total. The molecule has 0 aromatic carbocycles. The zero-order chi connectivity index (χ0) is 12.7. The molecule has 1 saturated carbocycles. The summed E-state index contributed by atoms with van der Waals surface area (Å²) in [4.78, 5) is 0. The molecule has 0 aliphatic heterocycles. The summed E-state index contributed by atoms with van der Waals surface area (Å²) >= 11 is 0.